The summed E-state index contributed by atoms with van der Waals surface area (Å²) in [6.07, 6.45) is 2.73. The highest BCUT2D eigenvalue weighted by Gasteiger charge is 2.06. The minimum atomic E-state index is 0. The van der Waals surface area contributed by atoms with E-state index in [1.807, 2.05) is 12.1 Å². The van der Waals surface area contributed by atoms with Crippen molar-refractivity contribution in [1.29, 1.82) is 0 Å². The molecule has 0 aliphatic rings. The van der Waals surface area contributed by atoms with E-state index in [1.165, 1.54) is 5.56 Å². The van der Waals surface area contributed by atoms with E-state index in [1.54, 1.807) is 6.26 Å². The molecule has 0 unspecified atom stereocenters. The number of hydrogen-bond donors (Lipinski definition) is 2. The summed E-state index contributed by atoms with van der Waals surface area (Å²) in [5.41, 5.74) is 3.03. The minimum Gasteiger partial charge on any atom is -0.444 e. The van der Waals surface area contributed by atoms with Gasteiger partial charge in [-0.2, -0.15) is 0 Å². The monoisotopic (exact) mass is 428 g/mol. The van der Waals surface area contributed by atoms with Crippen molar-refractivity contribution >= 4 is 29.9 Å². The predicted octanol–water partition coefficient (Wildman–Crippen LogP) is 3.73. The highest BCUT2D eigenvalue weighted by Crippen LogP contribution is 2.19. The van der Waals surface area contributed by atoms with Crippen LogP contribution in [0.4, 0.5) is 0 Å². The maximum Gasteiger partial charge on any atom is 0.226 e. The Bertz CT molecular complexity index is 607. The van der Waals surface area contributed by atoms with Gasteiger partial charge in [-0.15, -0.1) is 24.0 Å². The van der Waals surface area contributed by atoms with E-state index in [0.717, 1.165) is 36.7 Å². The molecule has 23 heavy (non-hydrogen) atoms. The Kier molecular flexibility index (Phi) is 8.68. The maximum absolute atomic E-state index is 5.54. The second-order valence-corrected chi connectivity index (χ2v) is 5.13. The standard InChI is InChI=1S/C17H24N4O.HI/c1-4-10-19-17(18-5-2)20-11-15-12-22-16(21-15)14-8-6-13(3)7-9-14;/h6-9,12H,4-5,10-11H2,1-3H3,(H2,18,19,20);1H. The van der Waals surface area contributed by atoms with Crippen molar-refractivity contribution in [2.75, 3.05) is 13.1 Å². The molecule has 2 N–H and O–H groups in total. The molecule has 0 radical (unpaired) electrons. The van der Waals surface area contributed by atoms with Crippen LogP contribution in [-0.2, 0) is 6.54 Å². The number of aryl methyl sites for hydroxylation is 1. The van der Waals surface area contributed by atoms with Gasteiger partial charge in [-0.25, -0.2) is 9.98 Å². The van der Waals surface area contributed by atoms with Gasteiger partial charge in [0.05, 0.1) is 6.54 Å². The van der Waals surface area contributed by atoms with Gasteiger partial charge in [0.1, 0.15) is 12.0 Å². The van der Waals surface area contributed by atoms with Crippen LogP contribution in [0.1, 0.15) is 31.5 Å². The fourth-order valence-corrected chi connectivity index (χ4v) is 1.95. The van der Waals surface area contributed by atoms with E-state index in [-0.39, 0.29) is 24.0 Å². The summed E-state index contributed by atoms with van der Waals surface area (Å²) in [5, 5.41) is 6.48. The third-order valence-electron chi connectivity index (χ3n) is 3.14. The van der Waals surface area contributed by atoms with Gasteiger partial charge in [0.25, 0.3) is 0 Å². The molecule has 0 saturated heterocycles. The molecule has 0 atom stereocenters. The third-order valence-corrected chi connectivity index (χ3v) is 3.14. The van der Waals surface area contributed by atoms with Crippen LogP contribution in [0, 0.1) is 6.92 Å². The fraction of sp³-hybridized carbons (Fsp3) is 0.412. The van der Waals surface area contributed by atoms with E-state index >= 15 is 0 Å². The van der Waals surface area contributed by atoms with Crippen molar-refractivity contribution in [2.24, 2.45) is 4.99 Å². The zero-order valence-electron chi connectivity index (χ0n) is 13.9. The molecule has 0 aliphatic heterocycles. The molecule has 0 amide bonds. The molecular weight excluding hydrogens is 403 g/mol. The van der Waals surface area contributed by atoms with Crippen LogP contribution in [0.15, 0.2) is 39.9 Å². The highest BCUT2D eigenvalue weighted by molar-refractivity contribution is 14.0. The Hall–Kier alpha value is -1.57. The Morgan fingerprint density at radius 1 is 1.17 bits per heavy atom. The summed E-state index contributed by atoms with van der Waals surface area (Å²) in [5.74, 6) is 1.45. The average Bonchev–Trinajstić information content (AvgIpc) is 3.00. The summed E-state index contributed by atoms with van der Waals surface area (Å²) in [6.45, 7) is 8.47. The number of aliphatic imine (C=N–C) groups is 1. The smallest absolute Gasteiger partial charge is 0.226 e. The first kappa shape index (κ1) is 19.5. The molecule has 0 bridgehead atoms. The van der Waals surface area contributed by atoms with E-state index in [2.05, 4.69) is 53.5 Å². The Morgan fingerprint density at radius 3 is 2.57 bits per heavy atom. The molecule has 0 aliphatic carbocycles. The molecule has 1 aromatic carbocycles. The van der Waals surface area contributed by atoms with Gasteiger partial charge >= 0.3 is 0 Å². The molecule has 5 nitrogen and oxygen atoms in total. The van der Waals surface area contributed by atoms with Crippen molar-refractivity contribution in [1.82, 2.24) is 15.6 Å². The van der Waals surface area contributed by atoms with Crippen molar-refractivity contribution in [3.05, 3.63) is 41.8 Å². The number of guanidine groups is 1. The topological polar surface area (TPSA) is 62.5 Å². The zero-order valence-corrected chi connectivity index (χ0v) is 16.3. The summed E-state index contributed by atoms with van der Waals surface area (Å²) < 4.78 is 5.54. The second-order valence-electron chi connectivity index (χ2n) is 5.13. The minimum absolute atomic E-state index is 0. The third kappa shape index (κ3) is 6.21. The average molecular weight is 428 g/mol. The van der Waals surface area contributed by atoms with Gasteiger partial charge in [0.2, 0.25) is 5.89 Å². The van der Waals surface area contributed by atoms with Crippen molar-refractivity contribution in [2.45, 2.75) is 33.7 Å². The largest absolute Gasteiger partial charge is 0.444 e. The first-order chi connectivity index (χ1) is 10.7. The quantitative estimate of drug-likeness (QED) is 0.418. The van der Waals surface area contributed by atoms with Crippen LogP contribution in [0.2, 0.25) is 0 Å². The Labute approximate surface area is 155 Å². The summed E-state index contributed by atoms with van der Waals surface area (Å²) in [4.78, 5) is 9.01. The molecular formula is C17H25IN4O. The number of halogens is 1. The number of nitrogens with one attached hydrogen (secondary N) is 2. The van der Waals surface area contributed by atoms with E-state index in [0.29, 0.717) is 12.4 Å². The summed E-state index contributed by atoms with van der Waals surface area (Å²) in [6, 6.07) is 8.13. The maximum atomic E-state index is 5.54. The lowest BCUT2D eigenvalue weighted by molar-refractivity contribution is 0.572. The van der Waals surface area contributed by atoms with Gasteiger partial charge in [-0.1, -0.05) is 24.6 Å². The first-order valence-electron chi connectivity index (χ1n) is 7.76. The van der Waals surface area contributed by atoms with Gasteiger partial charge in [-0.3, -0.25) is 0 Å². The highest BCUT2D eigenvalue weighted by atomic mass is 127. The molecule has 1 heterocycles. The number of oxazole rings is 1. The van der Waals surface area contributed by atoms with Crippen LogP contribution in [-0.4, -0.2) is 24.0 Å². The van der Waals surface area contributed by atoms with Gasteiger partial charge in [-0.05, 0) is 32.4 Å². The lowest BCUT2D eigenvalue weighted by atomic mass is 10.1. The summed E-state index contributed by atoms with van der Waals surface area (Å²) in [7, 11) is 0. The second kappa shape index (κ2) is 10.3. The lowest BCUT2D eigenvalue weighted by Gasteiger charge is -2.09. The van der Waals surface area contributed by atoms with Crippen LogP contribution in [0.3, 0.4) is 0 Å². The molecule has 2 rings (SSSR count). The molecule has 1 aromatic heterocycles. The SMILES string of the molecule is CCCNC(=NCc1coc(-c2ccc(C)cc2)n1)NCC.I. The number of rotatable bonds is 6. The van der Waals surface area contributed by atoms with Crippen molar-refractivity contribution < 1.29 is 4.42 Å². The molecule has 0 spiro atoms. The first-order valence-corrected chi connectivity index (χ1v) is 7.76. The zero-order chi connectivity index (χ0) is 15.8. The van der Waals surface area contributed by atoms with Crippen LogP contribution in [0.5, 0.6) is 0 Å². The van der Waals surface area contributed by atoms with E-state index < -0.39 is 0 Å². The van der Waals surface area contributed by atoms with Crippen LogP contribution >= 0.6 is 24.0 Å². The van der Waals surface area contributed by atoms with Crippen LogP contribution < -0.4 is 10.6 Å². The number of hydrogen-bond acceptors (Lipinski definition) is 3. The van der Waals surface area contributed by atoms with Crippen molar-refractivity contribution in [3.8, 4) is 11.5 Å². The normalized spacial score (nSPS) is 11.0. The number of aromatic nitrogens is 1. The van der Waals surface area contributed by atoms with E-state index in [4.69, 9.17) is 4.42 Å². The molecule has 126 valence electrons. The van der Waals surface area contributed by atoms with Crippen LogP contribution in [0.25, 0.3) is 11.5 Å². The molecule has 6 heteroatoms. The van der Waals surface area contributed by atoms with E-state index in [9.17, 15) is 0 Å². The summed E-state index contributed by atoms with van der Waals surface area (Å²) >= 11 is 0. The molecule has 2 aromatic rings. The predicted molar refractivity (Wildman–Crippen MR) is 105 cm³/mol. The molecule has 0 saturated carbocycles. The van der Waals surface area contributed by atoms with Gasteiger partial charge in [0, 0.05) is 18.7 Å². The Morgan fingerprint density at radius 2 is 1.91 bits per heavy atom. The number of benzene rings is 1. The molecule has 0 fully saturated rings. The van der Waals surface area contributed by atoms with Gasteiger partial charge in [0.15, 0.2) is 5.96 Å². The fourth-order valence-electron chi connectivity index (χ4n) is 1.95. The Balaban J connectivity index is 0.00000264. The number of nitrogens with zero attached hydrogens (tertiary/aromatic N) is 2. The van der Waals surface area contributed by atoms with Gasteiger partial charge < -0.3 is 15.1 Å². The lowest BCUT2D eigenvalue weighted by Crippen LogP contribution is -2.37. The van der Waals surface area contributed by atoms with Crippen molar-refractivity contribution in [3.63, 3.8) is 0 Å².